The normalized spacial score (nSPS) is 11.0. The van der Waals surface area contributed by atoms with E-state index >= 15 is 0 Å². The maximum absolute atomic E-state index is 14.0. The lowest BCUT2D eigenvalue weighted by Crippen LogP contribution is -2.00. The molecule has 28 heavy (non-hydrogen) atoms. The van der Waals surface area contributed by atoms with Crippen LogP contribution in [0.2, 0.25) is 5.02 Å². The van der Waals surface area contributed by atoms with Gasteiger partial charge in [-0.3, -0.25) is 4.57 Å². The summed E-state index contributed by atoms with van der Waals surface area (Å²) in [6.07, 6.45) is 0. The summed E-state index contributed by atoms with van der Waals surface area (Å²) >= 11 is 7.22. The Morgan fingerprint density at radius 2 is 1.50 bits per heavy atom. The highest BCUT2D eigenvalue weighted by atomic mass is 35.5. The van der Waals surface area contributed by atoms with Crippen molar-refractivity contribution in [1.29, 1.82) is 0 Å². The number of aromatic nitrogens is 3. The van der Waals surface area contributed by atoms with E-state index in [1.165, 1.54) is 30.0 Å². The summed E-state index contributed by atoms with van der Waals surface area (Å²) in [5, 5.41) is 9.74. The zero-order valence-electron chi connectivity index (χ0n) is 14.5. The molecule has 0 aliphatic carbocycles. The van der Waals surface area contributed by atoms with Crippen molar-refractivity contribution in [3.8, 4) is 17.1 Å². The summed E-state index contributed by atoms with van der Waals surface area (Å²) in [5.74, 6) is -0.420. The predicted molar refractivity (Wildman–Crippen MR) is 108 cm³/mol. The zero-order chi connectivity index (χ0) is 19.5. The first kappa shape index (κ1) is 18.7. The minimum absolute atomic E-state index is 0.0168. The molecule has 7 heteroatoms. The van der Waals surface area contributed by atoms with E-state index in [9.17, 15) is 8.78 Å². The highest BCUT2D eigenvalue weighted by Gasteiger charge is 2.18. The Bertz CT molecular complexity index is 1080. The molecule has 0 atom stereocenters. The molecule has 4 rings (SSSR count). The summed E-state index contributed by atoms with van der Waals surface area (Å²) in [4.78, 5) is 0. The van der Waals surface area contributed by atoms with Crippen molar-refractivity contribution in [2.24, 2.45) is 0 Å². The van der Waals surface area contributed by atoms with E-state index in [0.29, 0.717) is 16.0 Å². The number of hydrogen-bond acceptors (Lipinski definition) is 3. The van der Waals surface area contributed by atoms with Gasteiger partial charge in [-0.05, 0) is 48.5 Å². The van der Waals surface area contributed by atoms with E-state index in [4.69, 9.17) is 11.6 Å². The van der Waals surface area contributed by atoms with Crippen molar-refractivity contribution in [3.05, 3.63) is 95.0 Å². The number of nitrogens with zero attached hydrogens (tertiary/aromatic N) is 3. The van der Waals surface area contributed by atoms with Gasteiger partial charge in [0, 0.05) is 27.6 Å². The lowest BCUT2D eigenvalue weighted by molar-refractivity contribution is 0.566. The molecule has 0 radical (unpaired) electrons. The fraction of sp³-hybridized carbons (Fsp3) is 0.0476. The van der Waals surface area contributed by atoms with Gasteiger partial charge in [0.1, 0.15) is 11.6 Å². The topological polar surface area (TPSA) is 30.7 Å². The van der Waals surface area contributed by atoms with Gasteiger partial charge < -0.3 is 0 Å². The molecular formula is C21H14ClF2N3S. The minimum atomic E-state index is -0.573. The maximum atomic E-state index is 14.0. The van der Waals surface area contributed by atoms with Gasteiger partial charge in [0.05, 0.1) is 0 Å². The summed E-state index contributed by atoms with van der Waals surface area (Å²) in [6.45, 7) is 0. The molecule has 3 nitrogen and oxygen atoms in total. The third-order valence-corrected chi connectivity index (χ3v) is 5.36. The predicted octanol–water partition coefficient (Wildman–Crippen LogP) is 6.16. The molecular weight excluding hydrogens is 400 g/mol. The van der Waals surface area contributed by atoms with Crippen LogP contribution in [0.1, 0.15) is 5.56 Å². The van der Waals surface area contributed by atoms with Gasteiger partial charge in [0.15, 0.2) is 11.0 Å². The lowest BCUT2D eigenvalue weighted by atomic mass is 10.2. The first-order valence-electron chi connectivity index (χ1n) is 8.46. The standard InChI is InChI=1S/C21H14ClF2N3S/c22-15-11-9-14(10-12-15)20-25-26-21(27(20)16-5-2-1-3-6-16)28-13-17-18(23)7-4-8-19(17)24/h1-12H,13H2. The van der Waals surface area contributed by atoms with Gasteiger partial charge in [-0.15, -0.1) is 10.2 Å². The van der Waals surface area contributed by atoms with E-state index in [-0.39, 0.29) is 11.3 Å². The molecule has 0 N–H and O–H groups in total. The molecule has 4 aromatic rings. The van der Waals surface area contributed by atoms with E-state index in [1.807, 2.05) is 47.0 Å². The highest BCUT2D eigenvalue weighted by Crippen LogP contribution is 2.31. The highest BCUT2D eigenvalue weighted by molar-refractivity contribution is 7.98. The van der Waals surface area contributed by atoms with Crippen LogP contribution in [0.3, 0.4) is 0 Å². The molecule has 1 aromatic heterocycles. The Balaban J connectivity index is 1.74. The fourth-order valence-electron chi connectivity index (χ4n) is 2.77. The molecule has 0 bridgehead atoms. The van der Waals surface area contributed by atoms with E-state index in [0.717, 1.165) is 11.3 Å². The second-order valence-corrected chi connectivity index (χ2v) is 7.35. The van der Waals surface area contributed by atoms with Gasteiger partial charge in [-0.25, -0.2) is 8.78 Å². The quantitative estimate of drug-likeness (QED) is 0.367. The number of hydrogen-bond donors (Lipinski definition) is 0. The molecule has 0 aliphatic rings. The molecule has 1 heterocycles. The van der Waals surface area contributed by atoms with Crippen LogP contribution < -0.4 is 0 Å². The van der Waals surface area contributed by atoms with Crippen LogP contribution in [0.5, 0.6) is 0 Å². The van der Waals surface area contributed by atoms with Gasteiger partial charge in [0.2, 0.25) is 0 Å². The average Bonchev–Trinajstić information content (AvgIpc) is 3.13. The first-order valence-corrected chi connectivity index (χ1v) is 9.82. The number of rotatable bonds is 5. The minimum Gasteiger partial charge on any atom is -0.270 e. The maximum Gasteiger partial charge on any atom is 0.196 e. The van der Waals surface area contributed by atoms with Crippen molar-refractivity contribution in [2.75, 3.05) is 0 Å². The third-order valence-electron chi connectivity index (χ3n) is 4.16. The van der Waals surface area contributed by atoms with E-state index in [1.54, 1.807) is 12.1 Å². The van der Waals surface area contributed by atoms with Gasteiger partial charge >= 0.3 is 0 Å². The molecule has 3 aromatic carbocycles. The van der Waals surface area contributed by atoms with Gasteiger partial charge in [-0.1, -0.05) is 47.6 Å². The molecule has 0 spiro atoms. The monoisotopic (exact) mass is 413 g/mol. The molecule has 0 amide bonds. The first-order chi connectivity index (χ1) is 13.6. The smallest absolute Gasteiger partial charge is 0.196 e. The van der Waals surface area contributed by atoms with Crippen LogP contribution in [0.25, 0.3) is 17.1 Å². The fourth-order valence-corrected chi connectivity index (χ4v) is 3.86. The van der Waals surface area contributed by atoms with E-state index < -0.39 is 11.6 Å². The van der Waals surface area contributed by atoms with Crippen LogP contribution in [0.4, 0.5) is 8.78 Å². The Morgan fingerprint density at radius 1 is 0.821 bits per heavy atom. The summed E-state index contributed by atoms with van der Waals surface area (Å²) in [7, 11) is 0. The molecule has 0 unspecified atom stereocenters. The van der Waals surface area contributed by atoms with E-state index in [2.05, 4.69) is 10.2 Å². The Hall–Kier alpha value is -2.70. The number of benzene rings is 3. The Kier molecular flexibility index (Phi) is 5.41. The van der Waals surface area contributed by atoms with Crippen LogP contribution in [0, 0.1) is 11.6 Å². The summed E-state index contributed by atoms with van der Waals surface area (Å²) < 4.78 is 29.8. The van der Waals surface area contributed by atoms with Crippen molar-refractivity contribution < 1.29 is 8.78 Å². The SMILES string of the molecule is Fc1cccc(F)c1CSc1nnc(-c2ccc(Cl)cc2)n1-c1ccccc1. The van der Waals surface area contributed by atoms with Crippen molar-refractivity contribution in [1.82, 2.24) is 14.8 Å². The van der Waals surface area contributed by atoms with Crippen LogP contribution in [0.15, 0.2) is 78.0 Å². The summed E-state index contributed by atoms with van der Waals surface area (Å²) in [5.41, 5.74) is 1.71. The second-order valence-electron chi connectivity index (χ2n) is 5.97. The Morgan fingerprint density at radius 3 is 2.18 bits per heavy atom. The molecule has 0 saturated heterocycles. The van der Waals surface area contributed by atoms with Crippen molar-refractivity contribution in [2.45, 2.75) is 10.9 Å². The molecule has 0 saturated carbocycles. The largest absolute Gasteiger partial charge is 0.270 e. The number of para-hydroxylation sites is 1. The average molecular weight is 414 g/mol. The third kappa shape index (κ3) is 3.79. The number of halogens is 3. The summed E-state index contributed by atoms with van der Waals surface area (Å²) in [6, 6.07) is 20.7. The Labute approximate surface area is 170 Å². The van der Waals surface area contributed by atoms with Crippen LogP contribution >= 0.6 is 23.4 Å². The molecule has 140 valence electrons. The zero-order valence-corrected chi connectivity index (χ0v) is 16.1. The molecule has 0 aliphatic heterocycles. The second kappa shape index (κ2) is 8.12. The van der Waals surface area contributed by atoms with Gasteiger partial charge in [0.25, 0.3) is 0 Å². The van der Waals surface area contributed by atoms with Crippen molar-refractivity contribution in [3.63, 3.8) is 0 Å². The molecule has 0 fully saturated rings. The number of thioether (sulfide) groups is 1. The van der Waals surface area contributed by atoms with Gasteiger partial charge in [-0.2, -0.15) is 0 Å². The lowest BCUT2D eigenvalue weighted by Gasteiger charge is -2.11. The van der Waals surface area contributed by atoms with Crippen LogP contribution in [-0.4, -0.2) is 14.8 Å². The van der Waals surface area contributed by atoms with Crippen LogP contribution in [-0.2, 0) is 5.75 Å². The van der Waals surface area contributed by atoms with Crippen molar-refractivity contribution >= 4 is 23.4 Å².